The van der Waals surface area contributed by atoms with Crippen LogP contribution < -0.4 is 4.74 Å². The van der Waals surface area contributed by atoms with Gasteiger partial charge in [-0.1, -0.05) is 75.4 Å². The molecule has 0 spiro atoms. The molecule has 1 fully saturated rings. The maximum absolute atomic E-state index is 13.4. The molecule has 0 radical (unpaired) electrons. The maximum atomic E-state index is 13.4. The summed E-state index contributed by atoms with van der Waals surface area (Å²) in [5.41, 5.74) is 4.41. The predicted molar refractivity (Wildman–Crippen MR) is 159 cm³/mol. The molecule has 1 amide bonds. The van der Waals surface area contributed by atoms with Gasteiger partial charge in [-0.3, -0.25) is 9.59 Å². The average Bonchev–Trinajstić information content (AvgIpc) is 3.17. The number of hydrogen-bond acceptors (Lipinski definition) is 5. The molecule has 0 saturated carbocycles. The lowest BCUT2D eigenvalue weighted by Crippen LogP contribution is -2.32. The summed E-state index contributed by atoms with van der Waals surface area (Å²) in [5, 5.41) is 11.5. The molecule has 1 aliphatic heterocycles. The van der Waals surface area contributed by atoms with Gasteiger partial charge in [0.05, 0.1) is 11.6 Å². The summed E-state index contributed by atoms with van der Waals surface area (Å²) in [4.78, 5) is 30.3. The number of Topliss-reactive ketones (excluding diaryl/α,β-unsaturated/α-hetero) is 1. The highest BCUT2D eigenvalue weighted by Crippen LogP contribution is 2.40. The van der Waals surface area contributed by atoms with Gasteiger partial charge in [0, 0.05) is 12.1 Å². The molecule has 3 aromatic carbocycles. The number of ether oxygens (including phenoxy) is 1. The number of aryl methyl sites for hydroxylation is 1. The molecule has 6 nitrogen and oxygen atoms in total. The summed E-state index contributed by atoms with van der Waals surface area (Å²) in [6.45, 7) is 9.95. The molecule has 4 rings (SSSR count). The molecule has 1 saturated heterocycles. The van der Waals surface area contributed by atoms with Gasteiger partial charge in [0.1, 0.15) is 18.1 Å². The van der Waals surface area contributed by atoms with Gasteiger partial charge < -0.3 is 19.6 Å². The number of aliphatic hydroxyl groups excluding tert-OH is 1. The van der Waals surface area contributed by atoms with E-state index >= 15 is 0 Å². The Hall–Kier alpha value is -3.90. The van der Waals surface area contributed by atoms with Crippen LogP contribution in [0.4, 0.5) is 0 Å². The van der Waals surface area contributed by atoms with Crippen molar-refractivity contribution in [1.82, 2.24) is 9.80 Å². The average molecular weight is 541 g/mol. The van der Waals surface area contributed by atoms with Crippen molar-refractivity contribution in [3.05, 3.63) is 106 Å². The number of amides is 1. The molecule has 6 heteroatoms. The summed E-state index contributed by atoms with van der Waals surface area (Å²) in [6, 6.07) is 22.6. The van der Waals surface area contributed by atoms with Crippen molar-refractivity contribution in [2.45, 2.75) is 52.2 Å². The van der Waals surface area contributed by atoms with Crippen molar-refractivity contribution >= 4 is 17.4 Å². The highest BCUT2D eigenvalue weighted by atomic mass is 16.5. The lowest BCUT2D eigenvalue weighted by atomic mass is 9.85. The number of benzene rings is 3. The van der Waals surface area contributed by atoms with Crippen LogP contribution in [0.1, 0.15) is 61.1 Å². The van der Waals surface area contributed by atoms with E-state index in [0.29, 0.717) is 30.9 Å². The van der Waals surface area contributed by atoms with E-state index in [1.807, 2.05) is 80.5 Å². The zero-order valence-electron chi connectivity index (χ0n) is 24.4. The van der Waals surface area contributed by atoms with Crippen LogP contribution in [0, 0.1) is 6.92 Å². The fourth-order valence-corrected chi connectivity index (χ4v) is 5.03. The number of hydrogen-bond donors (Lipinski definition) is 1. The van der Waals surface area contributed by atoms with Crippen molar-refractivity contribution < 1.29 is 19.4 Å². The molecule has 0 aliphatic carbocycles. The standard InChI is InChI=1S/C34H40N2O4/c1-23-21-26(15-18-28(23)40-22-24-11-8-7-9-12-24)31(37)29-30(25-13-16-27(17-14-25)34(2,3)4)36(33(39)32(29)38)20-10-19-35(5)6/h7-9,11-18,21,30,37H,10,19-20,22H2,1-6H3/b31-29+/t30-/m1/s1. The van der Waals surface area contributed by atoms with E-state index in [1.54, 1.807) is 23.1 Å². The predicted octanol–water partition coefficient (Wildman–Crippen LogP) is 6.24. The van der Waals surface area contributed by atoms with Crippen LogP contribution in [0.2, 0.25) is 0 Å². The fourth-order valence-electron chi connectivity index (χ4n) is 5.03. The smallest absolute Gasteiger partial charge is 0.295 e. The summed E-state index contributed by atoms with van der Waals surface area (Å²) >= 11 is 0. The fraction of sp³-hybridized carbons (Fsp3) is 0.353. The topological polar surface area (TPSA) is 70.1 Å². The third-order valence-corrected chi connectivity index (χ3v) is 7.32. The summed E-state index contributed by atoms with van der Waals surface area (Å²) in [7, 11) is 3.96. The van der Waals surface area contributed by atoms with Crippen LogP contribution in [0.15, 0.2) is 78.4 Å². The van der Waals surface area contributed by atoms with Crippen molar-refractivity contribution in [3.8, 4) is 5.75 Å². The quantitative estimate of drug-likeness (QED) is 0.198. The number of rotatable bonds is 9. The monoisotopic (exact) mass is 540 g/mol. The van der Waals surface area contributed by atoms with Gasteiger partial charge in [0.25, 0.3) is 11.7 Å². The van der Waals surface area contributed by atoms with Crippen LogP contribution in [-0.2, 0) is 21.6 Å². The van der Waals surface area contributed by atoms with E-state index in [2.05, 4.69) is 20.8 Å². The number of ketones is 1. The maximum Gasteiger partial charge on any atom is 0.295 e. The largest absolute Gasteiger partial charge is 0.507 e. The minimum atomic E-state index is -0.662. The number of likely N-dealkylation sites (tertiary alicyclic amines) is 1. The Morgan fingerprint density at radius 3 is 2.25 bits per heavy atom. The van der Waals surface area contributed by atoms with Gasteiger partial charge in [-0.25, -0.2) is 0 Å². The molecule has 3 aromatic rings. The minimum absolute atomic E-state index is 0.0338. The molecule has 40 heavy (non-hydrogen) atoms. The molecular weight excluding hydrogens is 500 g/mol. The first-order chi connectivity index (χ1) is 19.0. The number of nitrogens with zero attached hydrogens (tertiary/aromatic N) is 2. The minimum Gasteiger partial charge on any atom is -0.507 e. The Morgan fingerprint density at radius 2 is 1.65 bits per heavy atom. The number of carbonyl (C=O) groups is 2. The van der Waals surface area contributed by atoms with Crippen molar-refractivity contribution in [2.75, 3.05) is 27.2 Å². The lowest BCUT2D eigenvalue weighted by molar-refractivity contribution is -0.139. The summed E-state index contributed by atoms with van der Waals surface area (Å²) in [6.07, 6.45) is 0.712. The Labute approximate surface area is 237 Å². The second-order valence-electron chi connectivity index (χ2n) is 11.8. The highest BCUT2D eigenvalue weighted by Gasteiger charge is 2.45. The van der Waals surface area contributed by atoms with Crippen LogP contribution >= 0.6 is 0 Å². The highest BCUT2D eigenvalue weighted by molar-refractivity contribution is 6.46. The van der Waals surface area contributed by atoms with E-state index in [4.69, 9.17) is 4.74 Å². The Bertz CT molecular complexity index is 1390. The molecule has 0 bridgehead atoms. The first-order valence-electron chi connectivity index (χ1n) is 13.8. The van der Waals surface area contributed by atoms with Crippen LogP contribution in [-0.4, -0.2) is 53.8 Å². The summed E-state index contributed by atoms with van der Waals surface area (Å²) in [5.74, 6) is -0.714. The molecule has 1 aliphatic rings. The van der Waals surface area contributed by atoms with E-state index < -0.39 is 17.7 Å². The number of carbonyl (C=O) groups excluding carboxylic acids is 2. The molecule has 210 valence electrons. The molecule has 1 atom stereocenters. The van der Waals surface area contributed by atoms with Gasteiger partial charge in [-0.2, -0.15) is 0 Å². The second kappa shape index (κ2) is 12.1. The third-order valence-electron chi connectivity index (χ3n) is 7.32. The van der Waals surface area contributed by atoms with E-state index in [1.165, 1.54) is 0 Å². The lowest BCUT2D eigenvalue weighted by Gasteiger charge is -2.27. The van der Waals surface area contributed by atoms with Crippen LogP contribution in [0.25, 0.3) is 5.76 Å². The van der Waals surface area contributed by atoms with Gasteiger partial charge in [-0.05, 0) is 79.9 Å². The van der Waals surface area contributed by atoms with Gasteiger partial charge >= 0.3 is 0 Å². The summed E-state index contributed by atoms with van der Waals surface area (Å²) < 4.78 is 6.00. The first-order valence-corrected chi connectivity index (χ1v) is 13.8. The second-order valence-corrected chi connectivity index (χ2v) is 11.8. The molecule has 0 unspecified atom stereocenters. The SMILES string of the molecule is Cc1cc(/C(O)=C2\C(=O)C(=O)N(CCCN(C)C)[C@@H]2c2ccc(C(C)(C)C)cc2)ccc1OCc1ccccc1. The molecule has 1 heterocycles. The van der Waals surface area contributed by atoms with Gasteiger partial charge in [0.2, 0.25) is 0 Å². The van der Waals surface area contributed by atoms with Crippen LogP contribution in [0.3, 0.4) is 0 Å². The normalized spacial score (nSPS) is 17.1. The molecule has 0 aromatic heterocycles. The van der Waals surface area contributed by atoms with Crippen LogP contribution in [0.5, 0.6) is 5.75 Å². The van der Waals surface area contributed by atoms with Gasteiger partial charge in [0.15, 0.2) is 0 Å². The van der Waals surface area contributed by atoms with E-state index in [0.717, 1.165) is 28.8 Å². The first kappa shape index (κ1) is 29.1. The van der Waals surface area contributed by atoms with Crippen molar-refractivity contribution in [3.63, 3.8) is 0 Å². The third kappa shape index (κ3) is 6.45. The Balaban J connectivity index is 1.70. The Kier molecular flexibility index (Phi) is 8.79. The van der Waals surface area contributed by atoms with E-state index in [9.17, 15) is 14.7 Å². The zero-order chi connectivity index (χ0) is 29.0. The molecule has 1 N–H and O–H groups in total. The van der Waals surface area contributed by atoms with Gasteiger partial charge in [-0.15, -0.1) is 0 Å². The van der Waals surface area contributed by atoms with E-state index in [-0.39, 0.29) is 16.7 Å². The van der Waals surface area contributed by atoms with Crippen molar-refractivity contribution in [2.24, 2.45) is 0 Å². The number of aliphatic hydroxyl groups is 1. The Morgan fingerprint density at radius 1 is 0.975 bits per heavy atom. The zero-order valence-corrected chi connectivity index (χ0v) is 24.4. The molecular formula is C34H40N2O4. The van der Waals surface area contributed by atoms with Crippen molar-refractivity contribution in [1.29, 1.82) is 0 Å².